The van der Waals surface area contributed by atoms with Gasteiger partial charge in [0.2, 0.25) is 0 Å². The molecule has 0 radical (unpaired) electrons. The van der Waals surface area contributed by atoms with E-state index in [1.807, 2.05) is 0 Å². The zero-order chi connectivity index (χ0) is 10.0. The first-order valence-electron chi connectivity index (χ1n) is 3.61. The third-order valence-corrected chi connectivity index (χ3v) is 3.05. The molecule has 1 aromatic rings. The molecule has 0 aromatic heterocycles. The van der Waals surface area contributed by atoms with Gasteiger partial charge in [-0.25, -0.2) is 4.79 Å². The lowest BCUT2D eigenvalue weighted by atomic mass is 10.1. The first kappa shape index (κ1) is 10.8. The molecule has 0 aliphatic rings. The molecule has 1 aromatic carbocycles. The summed E-state index contributed by atoms with van der Waals surface area (Å²) in [7, 11) is 1.36. The Balaban J connectivity index is 3.33. The van der Waals surface area contributed by atoms with Gasteiger partial charge in [0.05, 0.1) is 12.7 Å². The number of carbonyl (C=O) groups is 1. The van der Waals surface area contributed by atoms with Gasteiger partial charge in [0, 0.05) is 8.59 Å². The van der Waals surface area contributed by atoms with Crippen molar-refractivity contribution in [2.24, 2.45) is 0 Å². The fourth-order valence-electron chi connectivity index (χ4n) is 1.01. The molecule has 0 aliphatic heterocycles. The molecule has 0 N–H and O–H groups in total. The number of carbonyl (C=O) groups excluding carboxylic acids is 1. The predicted molar refractivity (Wildman–Crippen MR) is 60.2 cm³/mol. The maximum atomic E-state index is 11.3. The lowest BCUT2D eigenvalue weighted by Gasteiger charge is -2.07. The second kappa shape index (κ2) is 4.28. The van der Waals surface area contributed by atoms with E-state index in [-0.39, 0.29) is 5.97 Å². The quantitative estimate of drug-likeness (QED) is 0.589. The summed E-state index contributed by atoms with van der Waals surface area (Å²) in [6.45, 7) is 1.80. The molecule has 0 spiro atoms. The first-order valence-corrected chi connectivity index (χ1v) is 5.06. The van der Waals surface area contributed by atoms with Crippen molar-refractivity contribution in [1.82, 2.24) is 0 Å². The number of benzene rings is 1. The van der Waals surface area contributed by atoms with Gasteiger partial charge in [-0.2, -0.15) is 0 Å². The number of hydrogen-bond donors (Lipinski definition) is 0. The Morgan fingerprint density at radius 1 is 1.54 bits per heavy atom. The highest BCUT2D eigenvalue weighted by atomic mass is 127. The SMILES string of the molecule is COC(=O)c1c(I)ccc(Cl)c1C. The van der Waals surface area contributed by atoms with Crippen LogP contribution in [0.25, 0.3) is 0 Å². The van der Waals surface area contributed by atoms with Crippen LogP contribution < -0.4 is 0 Å². The number of esters is 1. The Morgan fingerprint density at radius 3 is 2.69 bits per heavy atom. The smallest absolute Gasteiger partial charge is 0.339 e. The zero-order valence-corrected chi connectivity index (χ0v) is 10.1. The second-order valence-electron chi connectivity index (χ2n) is 2.52. The maximum absolute atomic E-state index is 11.3. The molecule has 0 heterocycles. The molecule has 0 aliphatic carbocycles. The van der Waals surface area contributed by atoms with Crippen LogP contribution in [0.3, 0.4) is 0 Å². The highest BCUT2D eigenvalue weighted by molar-refractivity contribution is 14.1. The molecule has 0 saturated heterocycles. The number of hydrogen-bond acceptors (Lipinski definition) is 2. The van der Waals surface area contributed by atoms with Crippen molar-refractivity contribution in [3.8, 4) is 0 Å². The van der Waals surface area contributed by atoms with E-state index in [0.717, 1.165) is 9.13 Å². The number of rotatable bonds is 1. The summed E-state index contributed by atoms with van der Waals surface area (Å²) in [4.78, 5) is 11.3. The van der Waals surface area contributed by atoms with Crippen molar-refractivity contribution < 1.29 is 9.53 Å². The average molecular weight is 311 g/mol. The van der Waals surface area contributed by atoms with Gasteiger partial charge in [0.15, 0.2) is 0 Å². The van der Waals surface area contributed by atoms with Crippen LogP contribution >= 0.6 is 34.2 Å². The minimum atomic E-state index is -0.343. The van der Waals surface area contributed by atoms with E-state index in [9.17, 15) is 4.79 Å². The highest BCUT2D eigenvalue weighted by Crippen LogP contribution is 2.24. The fraction of sp³-hybridized carbons (Fsp3) is 0.222. The van der Waals surface area contributed by atoms with Crippen molar-refractivity contribution in [2.75, 3.05) is 7.11 Å². The molecule has 0 saturated carbocycles. The topological polar surface area (TPSA) is 26.3 Å². The van der Waals surface area contributed by atoms with E-state index in [4.69, 9.17) is 11.6 Å². The molecule has 0 amide bonds. The molecule has 4 heteroatoms. The molecule has 1 rings (SSSR count). The monoisotopic (exact) mass is 310 g/mol. The van der Waals surface area contributed by atoms with Gasteiger partial charge in [-0.3, -0.25) is 0 Å². The van der Waals surface area contributed by atoms with Gasteiger partial charge < -0.3 is 4.74 Å². The Morgan fingerprint density at radius 2 is 2.15 bits per heavy atom. The van der Waals surface area contributed by atoms with Gasteiger partial charge in [-0.05, 0) is 47.2 Å². The van der Waals surface area contributed by atoms with E-state index < -0.39 is 0 Å². The van der Waals surface area contributed by atoms with E-state index in [2.05, 4.69) is 27.3 Å². The van der Waals surface area contributed by atoms with Crippen molar-refractivity contribution in [3.05, 3.63) is 31.9 Å². The van der Waals surface area contributed by atoms with Crippen molar-refractivity contribution in [1.29, 1.82) is 0 Å². The standard InChI is InChI=1S/C9H8ClIO2/c1-5-6(10)3-4-7(11)8(5)9(12)13-2/h3-4H,1-2H3. The van der Waals surface area contributed by atoms with E-state index in [1.54, 1.807) is 19.1 Å². The summed E-state index contributed by atoms with van der Waals surface area (Å²) in [6.07, 6.45) is 0. The van der Waals surface area contributed by atoms with Gasteiger partial charge in [-0.1, -0.05) is 11.6 Å². The number of ether oxygens (including phenoxy) is 1. The van der Waals surface area contributed by atoms with E-state index in [1.165, 1.54) is 7.11 Å². The van der Waals surface area contributed by atoms with Gasteiger partial charge in [0.1, 0.15) is 0 Å². The number of methoxy groups -OCH3 is 1. The fourth-order valence-corrected chi connectivity index (χ4v) is 1.97. The molecule has 0 atom stereocenters. The van der Waals surface area contributed by atoms with Crippen LogP contribution in [0.1, 0.15) is 15.9 Å². The summed E-state index contributed by atoms with van der Waals surface area (Å²) >= 11 is 7.96. The van der Waals surface area contributed by atoms with Crippen molar-refractivity contribution in [3.63, 3.8) is 0 Å². The molecule has 0 unspecified atom stereocenters. The largest absolute Gasteiger partial charge is 0.465 e. The Bertz CT molecular complexity index is 350. The normalized spacial score (nSPS) is 9.85. The molecule has 13 heavy (non-hydrogen) atoms. The lowest BCUT2D eigenvalue weighted by molar-refractivity contribution is 0.0598. The molecular weight excluding hydrogens is 302 g/mol. The maximum Gasteiger partial charge on any atom is 0.339 e. The molecule has 70 valence electrons. The summed E-state index contributed by atoms with van der Waals surface area (Å²) in [5, 5.41) is 0.584. The van der Waals surface area contributed by atoms with Gasteiger partial charge in [-0.15, -0.1) is 0 Å². The third kappa shape index (κ3) is 2.14. The van der Waals surface area contributed by atoms with Crippen LogP contribution in [-0.4, -0.2) is 13.1 Å². The minimum absolute atomic E-state index is 0.343. The lowest BCUT2D eigenvalue weighted by Crippen LogP contribution is -2.06. The van der Waals surface area contributed by atoms with Crippen LogP contribution in [0.2, 0.25) is 5.02 Å². The van der Waals surface area contributed by atoms with E-state index in [0.29, 0.717) is 10.6 Å². The Kier molecular flexibility index (Phi) is 3.55. The first-order chi connectivity index (χ1) is 6.07. The van der Waals surface area contributed by atoms with Crippen LogP contribution in [0.15, 0.2) is 12.1 Å². The van der Waals surface area contributed by atoms with Gasteiger partial charge >= 0.3 is 5.97 Å². The Labute approximate surface area is 95.4 Å². The van der Waals surface area contributed by atoms with Crippen LogP contribution in [0.5, 0.6) is 0 Å². The molecule has 2 nitrogen and oxygen atoms in total. The molecule has 0 fully saturated rings. The second-order valence-corrected chi connectivity index (χ2v) is 4.09. The zero-order valence-electron chi connectivity index (χ0n) is 7.23. The van der Waals surface area contributed by atoms with Crippen LogP contribution in [0, 0.1) is 10.5 Å². The van der Waals surface area contributed by atoms with E-state index >= 15 is 0 Å². The predicted octanol–water partition coefficient (Wildman–Crippen LogP) is 3.04. The Hall–Kier alpha value is -0.290. The highest BCUT2D eigenvalue weighted by Gasteiger charge is 2.15. The molecular formula is C9H8ClIO2. The minimum Gasteiger partial charge on any atom is -0.465 e. The van der Waals surface area contributed by atoms with Crippen molar-refractivity contribution in [2.45, 2.75) is 6.92 Å². The van der Waals surface area contributed by atoms with Gasteiger partial charge in [0.25, 0.3) is 0 Å². The van der Waals surface area contributed by atoms with Crippen LogP contribution in [-0.2, 0) is 4.74 Å². The van der Waals surface area contributed by atoms with Crippen molar-refractivity contribution >= 4 is 40.2 Å². The number of halogens is 2. The summed E-state index contributed by atoms with van der Waals surface area (Å²) < 4.78 is 5.50. The van der Waals surface area contributed by atoms with Crippen LogP contribution in [0.4, 0.5) is 0 Å². The summed E-state index contributed by atoms with van der Waals surface area (Å²) in [5.74, 6) is -0.343. The third-order valence-electron chi connectivity index (χ3n) is 1.74. The summed E-state index contributed by atoms with van der Waals surface area (Å²) in [6, 6.07) is 3.56. The molecule has 0 bridgehead atoms. The summed E-state index contributed by atoms with van der Waals surface area (Å²) in [5.41, 5.74) is 1.32. The average Bonchev–Trinajstić information content (AvgIpc) is 2.12.